The van der Waals surface area contributed by atoms with Crippen LogP contribution in [-0.4, -0.2) is 28.3 Å². The van der Waals surface area contributed by atoms with Crippen LogP contribution in [0.25, 0.3) is 0 Å². The van der Waals surface area contributed by atoms with Crippen molar-refractivity contribution in [2.45, 2.75) is 43.8 Å². The third-order valence-electron chi connectivity index (χ3n) is 3.68. The molecule has 2 aliphatic rings. The van der Waals surface area contributed by atoms with E-state index in [-0.39, 0.29) is 0 Å². The van der Waals surface area contributed by atoms with Crippen molar-refractivity contribution >= 4 is 11.8 Å². The van der Waals surface area contributed by atoms with Gasteiger partial charge in [0.15, 0.2) is 0 Å². The lowest BCUT2D eigenvalue weighted by atomic mass is 10.1. The lowest BCUT2D eigenvalue weighted by molar-refractivity contribution is 0.150. The van der Waals surface area contributed by atoms with Crippen LogP contribution in [0.4, 0.5) is 0 Å². The van der Waals surface area contributed by atoms with Crippen molar-refractivity contribution in [2.24, 2.45) is 0 Å². The average Bonchev–Trinajstić information content (AvgIpc) is 3.08. The summed E-state index contributed by atoms with van der Waals surface area (Å²) in [7, 11) is 0. The number of hydrogen-bond acceptors (Lipinski definition) is 3. The molecule has 0 amide bonds. The fraction of sp³-hybridized carbons (Fsp3) is 0.600. The van der Waals surface area contributed by atoms with E-state index in [9.17, 15) is 5.11 Å². The highest BCUT2D eigenvalue weighted by molar-refractivity contribution is 7.99. The molecular weight excluding hydrogens is 244 g/mol. The van der Waals surface area contributed by atoms with Crippen molar-refractivity contribution < 1.29 is 9.84 Å². The predicted octanol–water partition coefficient (Wildman–Crippen LogP) is 3.03. The molecule has 3 heteroatoms. The highest BCUT2D eigenvalue weighted by Gasteiger charge is 2.40. The topological polar surface area (TPSA) is 29.5 Å². The molecule has 1 aromatic carbocycles. The van der Waals surface area contributed by atoms with Crippen LogP contribution in [0.2, 0.25) is 0 Å². The van der Waals surface area contributed by atoms with Crippen molar-refractivity contribution in [1.82, 2.24) is 0 Å². The fourth-order valence-electron chi connectivity index (χ4n) is 2.43. The van der Waals surface area contributed by atoms with Crippen molar-refractivity contribution in [3.63, 3.8) is 0 Å². The molecule has 1 aliphatic carbocycles. The van der Waals surface area contributed by atoms with E-state index in [4.69, 9.17) is 4.74 Å². The van der Waals surface area contributed by atoms with Gasteiger partial charge in [-0.25, -0.2) is 0 Å². The lowest BCUT2D eigenvalue weighted by Crippen LogP contribution is -2.23. The predicted molar refractivity (Wildman–Crippen MR) is 75.3 cm³/mol. The molecule has 1 N–H and O–H groups in total. The van der Waals surface area contributed by atoms with E-state index >= 15 is 0 Å². The number of thioether (sulfide) groups is 1. The van der Waals surface area contributed by atoms with Crippen molar-refractivity contribution in [3.8, 4) is 5.75 Å². The molecule has 0 bridgehead atoms. The van der Waals surface area contributed by atoms with Gasteiger partial charge >= 0.3 is 0 Å². The highest BCUT2D eigenvalue weighted by atomic mass is 32.2. The Bertz CT molecular complexity index is 409. The quantitative estimate of drug-likeness (QED) is 0.906. The van der Waals surface area contributed by atoms with Gasteiger partial charge < -0.3 is 9.84 Å². The van der Waals surface area contributed by atoms with Crippen molar-refractivity contribution in [3.05, 3.63) is 29.8 Å². The van der Waals surface area contributed by atoms with Crippen LogP contribution in [0.5, 0.6) is 5.75 Å². The molecule has 3 rings (SSSR count). The molecular formula is C15H20O2S. The summed E-state index contributed by atoms with van der Waals surface area (Å²) in [6.45, 7) is 0. The third-order valence-corrected chi connectivity index (χ3v) is 4.86. The van der Waals surface area contributed by atoms with E-state index in [1.54, 1.807) is 0 Å². The van der Waals surface area contributed by atoms with Gasteiger partial charge in [0.05, 0.1) is 5.60 Å². The summed E-state index contributed by atoms with van der Waals surface area (Å²) in [6.07, 6.45) is 5.44. The fourth-order valence-corrected chi connectivity index (χ4v) is 3.46. The Morgan fingerprint density at radius 3 is 3.00 bits per heavy atom. The summed E-state index contributed by atoms with van der Waals surface area (Å²) >= 11 is 1.98. The normalized spacial score (nSPS) is 25.7. The van der Waals surface area contributed by atoms with E-state index in [1.165, 1.54) is 24.2 Å². The number of benzene rings is 1. The standard InChI is InChI=1S/C15H20O2S/c16-15(6-7-15)10-12-3-1-4-13(9-12)17-14-5-2-8-18-11-14/h1,3-4,9,14,16H,2,5-8,10-11H2. The summed E-state index contributed by atoms with van der Waals surface area (Å²) in [4.78, 5) is 0. The van der Waals surface area contributed by atoms with Crippen LogP contribution < -0.4 is 4.74 Å². The smallest absolute Gasteiger partial charge is 0.120 e. The molecule has 1 atom stereocenters. The molecule has 0 radical (unpaired) electrons. The molecule has 98 valence electrons. The highest BCUT2D eigenvalue weighted by Crippen LogP contribution is 2.38. The molecule has 1 aliphatic heterocycles. The second-order valence-corrected chi connectivity index (χ2v) is 6.66. The Labute approximate surface area is 113 Å². The minimum absolute atomic E-state index is 0.364. The van der Waals surface area contributed by atoms with E-state index < -0.39 is 5.60 Å². The first kappa shape index (κ1) is 12.4. The molecule has 0 spiro atoms. The van der Waals surface area contributed by atoms with Gasteiger partial charge in [-0.2, -0.15) is 11.8 Å². The number of aliphatic hydroxyl groups is 1. The maximum atomic E-state index is 9.95. The average molecular weight is 264 g/mol. The molecule has 18 heavy (non-hydrogen) atoms. The molecule has 0 aromatic heterocycles. The first-order valence-corrected chi connectivity index (χ1v) is 7.95. The summed E-state index contributed by atoms with van der Waals surface area (Å²) in [5.74, 6) is 3.34. The van der Waals surface area contributed by atoms with Crippen LogP contribution >= 0.6 is 11.8 Å². The molecule has 1 unspecified atom stereocenters. The summed E-state index contributed by atoms with van der Waals surface area (Å²) in [5.41, 5.74) is 0.773. The zero-order chi connectivity index (χ0) is 12.4. The molecule has 1 saturated carbocycles. The van der Waals surface area contributed by atoms with Crippen molar-refractivity contribution in [1.29, 1.82) is 0 Å². The Morgan fingerprint density at radius 1 is 1.39 bits per heavy atom. The van der Waals surface area contributed by atoms with Gasteiger partial charge in [-0.3, -0.25) is 0 Å². The monoisotopic (exact) mass is 264 g/mol. The van der Waals surface area contributed by atoms with Crippen LogP contribution in [0.1, 0.15) is 31.2 Å². The largest absolute Gasteiger partial charge is 0.490 e. The maximum Gasteiger partial charge on any atom is 0.120 e. The van der Waals surface area contributed by atoms with E-state index in [0.29, 0.717) is 6.10 Å². The Balaban J connectivity index is 1.62. The number of ether oxygens (including phenoxy) is 1. The van der Waals surface area contributed by atoms with Crippen LogP contribution in [0, 0.1) is 0 Å². The molecule has 2 nitrogen and oxygen atoms in total. The minimum Gasteiger partial charge on any atom is -0.490 e. The second-order valence-electron chi connectivity index (χ2n) is 5.51. The van der Waals surface area contributed by atoms with Crippen LogP contribution in [0.15, 0.2) is 24.3 Å². The number of rotatable bonds is 4. The van der Waals surface area contributed by atoms with Gasteiger partial charge in [-0.15, -0.1) is 0 Å². The zero-order valence-electron chi connectivity index (χ0n) is 10.6. The van der Waals surface area contributed by atoms with Crippen LogP contribution in [-0.2, 0) is 6.42 Å². The lowest BCUT2D eigenvalue weighted by Gasteiger charge is -2.23. The third kappa shape index (κ3) is 3.21. The second kappa shape index (κ2) is 5.14. The minimum atomic E-state index is -0.417. The Morgan fingerprint density at radius 2 is 2.28 bits per heavy atom. The van der Waals surface area contributed by atoms with Gasteiger partial charge in [-0.05, 0) is 49.1 Å². The number of hydrogen-bond donors (Lipinski definition) is 1. The molecule has 1 heterocycles. The summed E-state index contributed by atoms with van der Waals surface area (Å²) in [5, 5.41) is 9.95. The maximum absolute atomic E-state index is 9.95. The summed E-state index contributed by atoms with van der Waals surface area (Å²) in [6, 6.07) is 8.24. The Hall–Kier alpha value is -0.670. The van der Waals surface area contributed by atoms with E-state index in [0.717, 1.165) is 30.8 Å². The molecule has 1 saturated heterocycles. The first-order valence-electron chi connectivity index (χ1n) is 6.79. The molecule has 1 aromatic rings. The van der Waals surface area contributed by atoms with Gasteiger partial charge in [0.25, 0.3) is 0 Å². The van der Waals surface area contributed by atoms with E-state index in [1.807, 2.05) is 23.9 Å². The Kier molecular flexibility index (Phi) is 3.53. The van der Waals surface area contributed by atoms with Gasteiger partial charge in [0.2, 0.25) is 0 Å². The first-order chi connectivity index (χ1) is 8.73. The SMILES string of the molecule is OC1(Cc2cccc(OC3CCCSC3)c2)CC1. The van der Waals surface area contributed by atoms with Crippen molar-refractivity contribution in [2.75, 3.05) is 11.5 Å². The van der Waals surface area contributed by atoms with E-state index in [2.05, 4.69) is 12.1 Å². The van der Waals surface area contributed by atoms with Gasteiger partial charge in [-0.1, -0.05) is 12.1 Å². The van der Waals surface area contributed by atoms with Gasteiger partial charge in [0, 0.05) is 12.2 Å². The molecule has 2 fully saturated rings. The van der Waals surface area contributed by atoms with Gasteiger partial charge in [0.1, 0.15) is 11.9 Å². The van der Waals surface area contributed by atoms with Crippen LogP contribution in [0.3, 0.4) is 0 Å². The zero-order valence-corrected chi connectivity index (χ0v) is 11.4. The summed E-state index contributed by atoms with van der Waals surface area (Å²) < 4.78 is 6.03.